The molecule has 3 nitrogen and oxygen atoms in total. The Hall–Kier alpha value is -2.98. The first-order valence-corrected chi connectivity index (χ1v) is 10.6. The average molecular weight is 397 g/mol. The summed E-state index contributed by atoms with van der Waals surface area (Å²) in [5.74, 6) is 0.358. The van der Waals surface area contributed by atoms with Gasteiger partial charge in [0.25, 0.3) is 0 Å². The third-order valence-corrected chi connectivity index (χ3v) is 7.73. The van der Waals surface area contributed by atoms with Gasteiger partial charge in [0.1, 0.15) is 5.82 Å². The summed E-state index contributed by atoms with van der Waals surface area (Å²) in [5.41, 5.74) is 6.34. The predicted molar refractivity (Wildman–Crippen MR) is 118 cm³/mol. The van der Waals surface area contributed by atoms with E-state index in [1.807, 2.05) is 10.9 Å². The Morgan fingerprint density at radius 3 is 2.60 bits per heavy atom. The summed E-state index contributed by atoms with van der Waals surface area (Å²) in [7, 11) is 0. The quantitative estimate of drug-likeness (QED) is 0.533. The molecule has 3 atom stereocenters. The second-order valence-corrected chi connectivity index (χ2v) is 8.98. The van der Waals surface area contributed by atoms with Crippen molar-refractivity contribution in [2.24, 2.45) is 5.92 Å². The lowest BCUT2D eigenvalue weighted by Crippen LogP contribution is -2.31. The maximum Gasteiger partial charge on any atom is 0.123 e. The molecule has 0 unspecified atom stereocenters. The van der Waals surface area contributed by atoms with Crippen LogP contribution in [0.25, 0.3) is 16.6 Å². The van der Waals surface area contributed by atoms with Crippen LogP contribution >= 0.6 is 0 Å². The Balaban J connectivity index is 1.49. The van der Waals surface area contributed by atoms with Crippen molar-refractivity contribution >= 4 is 10.9 Å². The molecule has 0 bridgehead atoms. The SMILES string of the molecule is Cc1cc2c(cnn2-c2ccc(F)cc2)cc1[C@@]12CNC[C@@H]1[C@]2(C)c1ccccc1. The molecule has 4 aromatic rings. The standard InChI is InChI=1S/C26H24FN3/c1-17-12-23-18(14-29-30(23)21-10-8-20(27)9-11-21)13-22(17)26-16-28-15-24(26)25(26,2)19-6-4-3-5-7-19/h3-14,24,28H,15-16H2,1-2H3/t24-,25+,26+/m1/s1. The maximum absolute atomic E-state index is 13.4. The third-order valence-electron chi connectivity index (χ3n) is 7.73. The van der Waals surface area contributed by atoms with E-state index in [1.165, 1.54) is 28.8 Å². The molecule has 0 radical (unpaired) electrons. The van der Waals surface area contributed by atoms with E-state index < -0.39 is 0 Å². The molecule has 1 aromatic heterocycles. The number of rotatable bonds is 3. The van der Waals surface area contributed by atoms with Gasteiger partial charge in [-0.15, -0.1) is 0 Å². The first-order chi connectivity index (χ1) is 14.6. The zero-order valence-electron chi connectivity index (χ0n) is 17.2. The Bertz CT molecular complexity index is 1260. The average Bonchev–Trinajstić information content (AvgIpc) is 3.15. The molecule has 6 rings (SSSR count). The van der Waals surface area contributed by atoms with E-state index in [-0.39, 0.29) is 16.6 Å². The number of fused-ring (bicyclic) bond motifs is 2. The van der Waals surface area contributed by atoms with Gasteiger partial charge in [-0.2, -0.15) is 5.10 Å². The Kier molecular flexibility index (Phi) is 3.58. The van der Waals surface area contributed by atoms with Crippen LogP contribution in [0.5, 0.6) is 0 Å². The van der Waals surface area contributed by atoms with E-state index in [0.717, 1.165) is 29.7 Å². The summed E-state index contributed by atoms with van der Waals surface area (Å²) >= 11 is 0. The first kappa shape index (κ1) is 17.8. The minimum atomic E-state index is -0.235. The van der Waals surface area contributed by atoms with Crippen LogP contribution in [0.3, 0.4) is 0 Å². The largest absolute Gasteiger partial charge is 0.315 e. The molecule has 4 heteroatoms. The number of aromatic nitrogens is 2. The third kappa shape index (κ3) is 2.15. The van der Waals surface area contributed by atoms with Crippen molar-refractivity contribution in [2.45, 2.75) is 24.7 Å². The fourth-order valence-corrected chi connectivity index (χ4v) is 6.14. The number of benzene rings is 3. The van der Waals surface area contributed by atoms with E-state index >= 15 is 0 Å². The summed E-state index contributed by atoms with van der Waals surface area (Å²) < 4.78 is 15.3. The summed E-state index contributed by atoms with van der Waals surface area (Å²) in [5, 5.41) is 9.38. The van der Waals surface area contributed by atoms with Crippen LogP contribution in [0.15, 0.2) is 72.9 Å². The van der Waals surface area contributed by atoms with Gasteiger partial charge in [-0.05, 0) is 72.5 Å². The Morgan fingerprint density at radius 2 is 1.83 bits per heavy atom. The van der Waals surface area contributed by atoms with Crippen molar-refractivity contribution in [2.75, 3.05) is 13.1 Å². The van der Waals surface area contributed by atoms with Crippen LogP contribution in [0, 0.1) is 18.7 Å². The molecule has 1 saturated carbocycles. The van der Waals surface area contributed by atoms with E-state index in [4.69, 9.17) is 0 Å². The van der Waals surface area contributed by atoms with Gasteiger partial charge in [0.15, 0.2) is 0 Å². The monoisotopic (exact) mass is 397 g/mol. The lowest BCUT2D eigenvalue weighted by Gasteiger charge is -2.26. The number of nitrogens with one attached hydrogen (secondary N) is 1. The first-order valence-electron chi connectivity index (χ1n) is 10.6. The summed E-state index contributed by atoms with van der Waals surface area (Å²) in [6.07, 6.45) is 1.93. The van der Waals surface area contributed by atoms with Gasteiger partial charge in [-0.1, -0.05) is 37.3 Å². The summed E-state index contributed by atoms with van der Waals surface area (Å²) in [6, 6.07) is 22.0. The zero-order valence-corrected chi connectivity index (χ0v) is 17.2. The molecule has 1 N–H and O–H groups in total. The number of piperidine rings is 1. The Labute approximate surface area is 175 Å². The summed E-state index contributed by atoms with van der Waals surface area (Å²) in [6.45, 7) is 6.70. The van der Waals surface area contributed by atoms with Gasteiger partial charge in [0.05, 0.1) is 17.4 Å². The fourth-order valence-electron chi connectivity index (χ4n) is 6.14. The maximum atomic E-state index is 13.4. The van der Waals surface area contributed by atoms with Gasteiger partial charge in [-0.3, -0.25) is 0 Å². The van der Waals surface area contributed by atoms with Gasteiger partial charge < -0.3 is 5.32 Å². The second-order valence-electron chi connectivity index (χ2n) is 8.98. The highest BCUT2D eigenvalue weighted by atomic mass is 19.1. The molecule has 0 spiro atoms. The smallest absolute Gasteiger partial charge is 0.123 e. The molecular weight excluding hydrogens is 373 g/mol. The van der Waals surface area contributed by atoms with Crippen LogP contribution in [0.1, 0.15) is 23.6 Å². The molecule has 2 fully saturated rings. The minimum absolute atomic E-state index is 0.116. The minimum Gasteiger partial charge on any atom is -0.315 e. The number of nitrogens with zero attached hydrogens (tertiary/aromatic N) is 2. The van der Waals surface area contributed by atoms with Crippen LogP contribution in [0.2, 0.25) is 0 Å². The molecule has 150 valence electrons. The topological polar surface area (TPSA) is 29.9 Å². The van der Waals surface area contributed by atoms with E-state index in [2.05, 4.69) is 66.7 Å². The van der Waals surface area contributed by atoms with E-state index in [9.17, 15) is 4.39 Å². The molecule has 2 heterocycles. The molecule has 1 aliphatic carbocycles. The molecule has 1 saturated heterocycles. The van der Waals surface area contributed by atoms with Gasteiger partial charge in [-0.25, -0.2) is 9.07 Å². The summed E-state index contributed by atoms with van der Waals surface area (Å²) in [4.78, 5) is 0. The van der Waals surface area contributed by atoms with Crippen molar-refractivity contribution in [3.8, 4) is 5.69 Å². The normalized spacial score (nSPS) is 27.4. The van der Waals surface area contributed by atoms with Gasteiger partial charge in [0.2, 0.25) is 0 Å². The van der Waals surface area contributed by atoms with Gasteiger partial charge >= 0.3 is 0 Å². The fraction of sp³-hybridized carbons (Fsp3) is 0.269. The van der Waals surface area contributed by atoms with Crippen molar-refractivity contribution in [3.63, 3.8) is 0 Å². The Morgan fingerprint density at radius 1 is 1.07 bits per heavy atom. The number of hydrogen-bond acceptors (Lipinski definition) is 2. The van der Waals surface area contributed by atoms with Crippen LogP contribution in [-0.4, -0.2) is 22.9 Å². The second kappa shape index (κ2) is 6.02. The molecule has 3 aromatic carbocycles. The highest BCUT2D eigenvalue weighted by molar-refractivity contribution is 5.83. The highest BCUT2D eigenvalue weighted by Gasteiger charge is 2.76. The molecule has 2 aliphatic rings. The van der Waals surface area contributed by atoms with Crippen LogP contribution < -0.4 is 5.32 Å². The van der Waals surface area contributed by atoms with Crippen molar-refractivity contribution < 1.29 is 4.39 Å². The molecule has 30 heavy (non-hydrogen) atoms. The lowest BCUT2D eigenvalue weighted by molar-refractivity contribution is 0.522. The predicted octanol–water partition coefficient (Wildman–Crippen LogP) is 4.90. The van der Waals surface area contributed by atoms with Crippen molar-refractivity contribution in [1.29, 1.82) is 0 Å². The lowest BCUT2D eigenvalue weighted by atomic mass is 9.80. The molecule has 0 amide bonds. The van der Waals surface area contributed by atoms with Crippen LogP contribution in [0.4, 0.5) is 4.39 Å². The van der Waals surface area contributed by atoms with Crippen LogP contribution in [-0.2, 0) is 10.8 Å². The van der Waals surface area contributed by atoms with E-state index in [1.54, 1.807) is 12.1 Å². The van der Waals surface area contributed by atoms with Crippen molar-refractivity contribution in [3.05, 3.63) is 95.4 Å². The molecule has 1 aliphatic heterocycles. The van der Waals surface area contributed by atoms with E-state index in [0.29, 0.717) is 5.92 Å². The number of aryl methyl sites for hydroxylation is 1. The van der Waals surface area contributed by atoms with Crippen molar-refractivity contribution in [1.82, 2.24) is 15.1 Å². The molecular formula is C26H24FN3. The number of halogens is 1. The zero-order chi connectivity index (χ0) is 20.5. The number of hydrogen-bond donors (Lipinski definition) is 1. The van der Waals surface area contributed by atoms with Gasteiger partial charge in [0, 0.05) is 22.8 Å². The highest BCUT2D eigenvalue weighted by Crippen LogP contribution is 2.72.